The van der Waals surface area contributed by atoms with Crippen LogP contribution in [0.1, 0.15) is 11.4 Å². The molecule has 1 saturated heterocycles. The minimum atomic E-state index is -0.923. The highest BCUT2D eigenvalue weighted by Crippen LogP contribution is 2.24. The molecule has 1 fully saturated rings. The van der Waals surface area contributed by atoms with Crippen molar-refractivity contribution in [1.29, 1.82) is 0 Å². The first-order chi connectivity index (χ1) is 15.7. The summed E-state index contributed by atoms with van der Waals surface area (Å²) in [4.78, 5) is 27.1. The predicted octanol–water partition coefficient (Wildman–Crippen LogP) is 3.05. The minimum Gasteiger partial charge on any atom is -0.480 e. The molecule has 0 saturated carbocycles. The van der Waals surface area contributed by atoms with Gasteiger partial charge in [-0.3, -0.25) is 4.90 Å². The molecule has 3 heterocycles. The third kappa shape index (κ3) is 4.28. The average molecular weight is 431 g/mol. The van der Waals surface area contributed by atoms with E-state index < -0.39 is 12.0 Å². The molecule has 0 bridgehead atoms. The Kier molecular flexibility index (Phi) is 5.70. The molecule has 0 spiro atoms. The van der Waals surface area contributed by atoms with Crippen LogP contribution >= 0.6 is 0 Å². The summed E-state index contributed by atoms with van der Waals surface area (Å²) < 4.78 is 5.43. The fourth-order valence-corrected chi connectivity index (χ4v) is 4.15. The highest BCUT2D eigenvalue weighted by atomic mass is 16.5. The average Bonchev–Trinajstić information content (AvgIpc) is 3.22. The van der Waals surface area contributed by atoms with E-state index in [1.54, 1.807) is 0 Å². The minimum absolute atomic E-state index is 0.330. The van der Waals surface area contributed by atoms with Crippen molar-refractivity contribution in [3.63, 3.8) is 0 Å². The monoisotopic (exact) mass is 431 g/mol. The summed E-state index contributed by atoms with van der Waals surface area (Å²) >= 11 is 0. The smallest absolute Gasteiger partial charge is 0.326 e. The van der Waals surface area contributed by atoms with Crippen LogP contribution < -0.4 is 5.32 Å². The van der Waals surface area contributed by atoms with Crippen LogP contribution in [0.5, 0.6) is 0 Å². The molecule has 8 nitrogen and oxygen atoms in total. The van der Waals surface area contributed by atoms with Crippen molar-refractivity contribution in [3.8, 4) is 0 Å². The molecule has 0 radical (unpaired) electrons. The number of anilines is 1. The molecule has 1 atom stereocenters. The number of nitrogens with one attached hydrogen (secondary N) is 2. The molecule has 4 aromatic rings. The number of carboxylic acid groups (broad SMARTS) is 1. The lowest BCUT2D eigenvalue weighted by molar-refractivity contribution is -0.137. The fraction of sp³-hybridized carbons (Fsp3) is 0.292. The Morgan fingerprint density at radius 1 is 1.09 bits per heavy atom. The van der Waals surface area contributed by atoms with E-state index in [2.05, 4.69) is 15.2 Å². The molecule has 1 aliphatic heterocycles. The van der Waals surface area contributed by atoms with E-state index in [9.17, 15) is 9.90 Å². The summed E-state index contributed by atoms with van der Waals surface area (Å²) in [6, 6.07) is 14.8. The Hall–Kier alpha value is -3.49. The zero-order chi connectivity index (χ0) is 21.9. The number of para-hydroxylation sites is 2. The van der Waals surface area contributed by atoms with Gasteiger partial charge in [0.1, 0.15) is 17.7 Å². The van der Waals surface area contributed by atoms with Crippen molar-refractivity contribution in [2.24, 2.45) is 0 Å². The van der Waals surface area contributed by atoms with Gasteiger partial charge in [-0.05, 0) is 23.8 Å². The summed E-state index contributed by atoms with van der Waals surface area (Å²) in [7, 11) is 0. The van der Waals surface area contributed by atoms with E-state index in [1.807, 2.05) is 54.7 Å². The third-order valence-corrected chi connectivity index (χ3v) is 5.83. The van der Waals surface area contributed by atoms with Gasteiger partial charge in [0, 0.05) is 42.0 Å². The molecule has 0 aliphatic carbocycles. The van der Waals surface area contributed by atoms with Gasteiger partial charge in [0.25, 0.3) is 0 Å². The summed E-state index contributed by atoms with van der Waals surface area (Å²) in [6.45, 7) is 3.66. The topological polar surface area (TPSA) is 103 Å². The van der Waals surface area contributed by atoms with Crippen LogP contribution in [0.4, 0.5) is 5.82 Å². The molecule has 2 aromatic carbocycles. The Labute approximate surface area is 185 Å². The zero-order valence-corrected chi connectivity index (χ0v) is 17.6. The van der Waals surface area contributed by atoms with Gasteiger partial charge in [-0.15, -0.1) is 0 Å². The van der Waals surface area contributed by atoms with Crippen LogP contribution in [0.3, 0.4) is 0 Å². The van der Waals surface area contributed by atoms with Crippen molar-refractivity contribution in [3.05, 3.63) is 66.1 Å². The number of aliphatic carboxylic acids is 1. The lowest BCUT2D eigenvalue weighted by atomic mass is 10.0. The Bertz CT molecular complexity index is 1250. The van der Waals surface area contributed by atoms with Gasteiger partial charge in [0.2, 0.25) is 0 Å². The van der Waals surface area contributed by atoms with Crippen LogP contribution in [0.2, 0.25) is 0 Å². The van der Waals surface area contributed by atoms with Gasteiger partial charge in [0.15, 0.2) is 0 Å². The van der Waals surface area contributed by atoms with Gasteiger partial charge >= 0.3 is 5.97 Å². The van der Waals surface area contributed by atoms with E-state index in [-0.39, 0.29) is 0 Å². The summed E-state index contributed by atoms with van der Waals surface area (Å²) in [5, 5.41) is 15.0. The molecule has 164 valence electrons. The Morgan fingerprint density at radius 2 is 1.84 bits per heavy atom. The maximum Gasteiger partial charge on any atom is 0.326 e. The number of benzene rings is 2. The van der Waals surface area contributed by atoms with Crippen LogP contribution in [0.15, 0.2) is 54.7 Å². The molecular formula is C24H25N5O3. The molecule has 32 heavy (non-hydrogen) atoms. The van der Waals surface area contributed by atoms with E-state index in [0.29, 0.717) is 37.8 Å². The highest BCUT2D eigenvalue weighted by molar-refractivity contribution is 5.91. The van der Waals surface area contributed by atoms with Crippen LogP contribution in [0.25, 0.3) is 21.8 Å². The van der Waals surface area contributed by atoms with Crippen LogP contribution in [-0.4, -0.2) is 63.3 Å². The first kappa shape index (κ1) is 20.4. The number of hydrogen-bond acceptors (Lipinski definition) is 6. The second-order valence-electron chi connectivity index (χ2n) is 7.99. The first-order valence-corrected chi connectivity index (χ1v) is 10.8. The van der Waals surface area contributed by atoms with Crippen molar-refractivity contribution in [2.45, 2.75) is 19.0 Å². The van der Waals surface area contributed by atoms with E-state index in [0.717, 1.165) is 40.5 Å². The fourth-order valence-electron chi connectivity index (χ4n) is 4.15. The molecule has 5 rings (SSSR count). The molecule has 0 amide bonds. The van der Waals surface area contributed by atoms with E-state index in [4.69, 9.17) is 14.7 Å². The Morgan fingerprint density at radius 3 is 2.66 bits per heavy atom. The SMILES string of the molecule is O=C(O)C(Cc1c[nH]c2ccccc12)Nc1nc(CN2CCOCC2)nc2ccccc12. The number of fused-ring (bicyclic) bond motifs is 2. The van der Waals surface area contributed by atoms with Gasteiger partial charge in [0.05, 0.1) is 25.3 Å². The number of nitrogens with zero attached hydrogens (tertiary/aromatic N) is 3. The predicted molar refractivity (Wildman–Crippen MR) is 123 cm³/mol. The third-order valence-electron chi connectivity index (χ3n) is 5.83. The van der Waals surface area contributed by atoms with E-state index in [1.165, 1.54) is 0 Å². The van der Waals surface area contributed by atoms with Crippen LogP contribution in [-0.2, 0) is 22.5 Å². The molecular weight excluding hydrogens is 406 g/mol. The largest absolute Gasteiger partial charge is 0.480 e. The lowest BCUT2D eigenvalue weighted by Gasteiger charge is -2.26. The Balaban J connectivity index is 1.45. The summed E-state index contributed by atoms with van der Waals surface area (Å²) in [5.41, 5.74) is 2.74. The molecule has 1 unspecified atom stereocenters. The van der Waals surface area contributed by atoms with Gasteiger partial charge in [-0.25, -0.2) is 14.8 Å². The molecule has 3 N–H and O–H groups in total. The quantitative estimate of drug-likeness (QED) is 0.413. The molecule has 1 aliphatic rings. The lowest BCUT2D eigenvalue weighted by Crippen LogP contribution is -2.36. The number of H-pyrrole nitrogens is 1. The number of morpholine rings is 1. The van der Waals surface area contributed by atoms with Crippen molar-refractivity contribution >= 4 is 33.6 Å². The standard InChI is InChI=1S/C24H25N5O3/c30-24(31)21(13-16-14-25-19-7-3-1-5-17(16)19)27-23-18-6-2-4-8-20(18)26-22(28-23)15-29-9-11-32-12-10-29/h1-8,14,21,25H,9-13,15H2,(H,30,31)(H,26,27,28). The normalized spacial score (nSPS) is 15.8. The second kappa shape index (κ2) is 8.94. The first-order valence-electron chi connectivity index (χ1n) is 10.8. The second-order valence-corrected chi connectivity index (χ2v) is 7.99. The van der Waals surface area contributed by atoms with Crippen LogP contribution in [0, 0.1) is 0 Å². The van der Waals surface area contributed by atoms with Crippen molar-refractivity contribution < 1.29 is 14.6 Å². The van der Waals surface area contributed by atoms with Crippen molar-refractivity contribution in [2.75, 3.05) is 31.6 Å². The number of aromatic amines is 1. The number of carboxylic acids is 1. The zero-order valence-electron chi connectivity index (χ0n) is 17.6. The number of carbonyl (C=O) groups is 1. The van der Waals surface area contributed by atoms with Gasteiger partial charge < -0.3 is 20.1 Å². The van der Waals surface area contributed by atoms with Gasteiger partial charge in [-0.2, -0.15) is 0 Å². The van der Waals surface area contributed by atoms with E-state index >= 15 is 0 Å². The van der Waals surface area contributed by atoms with Crippen molar-refractivity contribution in [1.82, 2.24) is 19.9 Å². The summed E-state index contributed by atoms with van der Waals surface area (Å²) in [6.07, 6.45) is 2.21. The number of aromatic nitrogens is 3. The summed E-state index contributed by atoms with van der Waals surface area (Å²) in [5.74, 6) is 0.295. The number of rotatable bonds is 7. The maximum atomic E-state index is 12.2. The molecule has 2 aromatic heterocycles. The number of hydrogen-bond donors (Lipinski definition) is 3. The highest BCUT2D eigenvalue weighted by Gasteiger charge is 2.22. The number of ether oxygens (including phenoxy) is 1. The molecule has 8 heteroatoms. The van der Waals surface area contributed by atoms with Gasteiger partial charge in [-0.1, -0.05) is 30.3 Å². The maximum absolute atomic E-state index is 12.2.